The first kappa shape index (κ1) is 14.7. The Labute approximate surface area is 135 Å². The minimum atomic E-state index is -0.0689. The van der Waals surface area contributed by atoms with Crippen LogP contribution in [0, 0.1) is 0 Å². The monoisotopic (exact) mass is 369 g/mol. The standard InChI is InChI=1S/C13H16BrN5OS/c1-2-18(7-10-3-4-12(14)21-10)13(20)11-8-19(17-16-11)9-5-15-6-9/h3-4,8-9,15H,2,5-7H2,1H3. The largest absolute Gasteiger partial charge is 0.332 e. The molecule has 1 fully saturated rings. The van der Waals surface area contributed by atoms with E-state index >= 15 is 0 Å². The summed E-state index contributed by atoms with van der Waals surface area (Å²) >= 11 is 5.08. The molecule has 21 heavy (non-hydrogen) atoms. The number of carbonyl (C=O) groups excluding carboxylic acids is 1. The van der Waals surface area contributed by atoms with Gasteiger partial charge in [-0.15, -0.1) is 16.4 Å². The fourth-order valence-electron chi connectivity index (χ4n) is 2.13. The van der Waals surface area contributed by atoms with Crippen LogP contribution >= 0.6 is 27.3 Å². The van der Waals surface area contributed by atoms with E-state index in [4.69, 9.17) is 0 Å². The highest BCUT2D eigenvalue weighted by Gasteiger charge is 2.23. The van der Waals surface area contributed by atoms with Crippen LogP contribution in [-0.4, -0.2) is 45.4 Å². The summed E-state index contributed by atoms with van der Waals surface area (Å²) in [5, 5.41) is 11.3. The van der Waals surface area contributed by atoms with Crippen LogP contribution in [0.3, 0.4) is 0 Å². The lowest BCUT2D eigenvalue weighted by atomic mass is 10.2. The summed E-state index contributed by atoms with van der Waals surface area (Å²) in [7, 11) is 0. The molecule has 1 amide bonds. The molecule has 0 spiro atoms. The second-order valence-corrected chi connectivity index (χ2v) is 7.47. The van der Waals surface area contributed by atoms with Gasteiger partial charge in [0.25, 0.3) is 5.91 Å². The molecule has 0 bridgehead atoms. The van der Waals surface area contributed by atoms with E-state index in [1.54, 1.807) is 27.1 Å². The van der Waals surface area contributed by atoms with Crippen LogP contribution in [0.5, 0.6) is 0 Å². The number of aromatic nitrogens is 3. The summed E-state index contributed by atoms with van der Waals surface area (Å²) in [4.78, 5) is 15.4. The topological polar surface area (TPSA) is 63.1 Å². The Morgan fingerprint density at radius 2 is 2.38 bits per heavy atom. The molecule has 3 heterocycles. The van der Waals surface area contributed by atoms with E-state index < -0.39 is 0 Å². The fraction of sp³-hybridized carbons (Fsp3) is 0.462. The van der Waals surface area contributed by atoms with Crippen LogP contribution < -0.4 is 5.32 Å². The van der Waals surface area contributed by atoms with Crippen molar-refractivity contribution in [1.82, 2.24) is 25.2 Å². The maximum Gasteiger partial charge on any atom is 0.276 e. The molecule has 0 atom stereocenters. The average Bonchev–Trinajstić information content (AvgIpc) is 3.03. The van der Waals surface area contributed by atoms with Gasteiger partial charge in [0.2, 0.25) is 0 Å². The highest BCUT2D eigenvalue weighted by Crippen LogP contribution is 2.23. The van der Waals surface area contributed by atoms with Crippen molar-refractivity contribution in [3.05, 3.63) is 32.7 Å². The predicted molar refractivity (Wildman–Crippen MR) is 84.4 cm³/mol. The number of rotatable bonds is 5. The molecular formula is C13H16BrN5OS. The highest BCUT2D eigenvalue weighted by molar-refractivity contribution is 9.11. The van der Waals surface area contributed by atoms with Crippen LogP contribution in [0.1, 0.15) is 28.3 Å². The van der Waals surface area contributed by atoms with E-state index in [9.17, 15) is 4.79 Å². The van der Waals surface area contributed by atoms with E-state index in [1.807, 2.05) is 19.1 Å². The molecule has 0 unspecified atom stereocenters. The van der Waals surface area contributed by atoms with E-state index in [1.165, 1.54) is 0 Å². The van der Waals surface area contributed by atoms with Crippen molar-refractivity contribution < 1.29 is 4.79 Å². The van der Waals surface area contributed by atoms with Crippen LogP contribution in [0.15, 0.2) is 22.1 Å². The van der Waals surface area contributed by atoms with E-state index in [0.717, 1.165) is 21.8 Å². The molecule has 2 aromatic heterocycles. The molecule has 0 aromatic carbocycles. The van der Waals surface area contributed by atoms with Gasteiger partial charge in [0.15, 0.2) is 5.69 Å². The molecule has 2 aromatic rings. The average molecular weight is 370 g/mol. The fourth-order valence-corrected chi connectivity index (χ4v) is 3.63. The smallest absolute Gasteiger partial charge is 0.276 e. The van der Waals surface area contributed by atoms with Gasteiger partial charge in [-0.3, -0.25) is 4.79 Å². The van der Waals surface area contributed by atoms with Crippen molar-refractivity contribution >= 4 is 33.2 Å². The van der Waals surface area contributed by atoms with Crippen molar-refractivity contribution in [3.63, 3.8) is 0 Å². The van der Waals surface area contributed by atoms with Gasteiger partial charge in [-0.25, -0.2) is 4.68 Å². The Morgan fingerprint density at radius 3 is 2.95 bits per heavy atom. The summed E-state index contributed by atoms with van der Waals surface area (Å²) in [5.74, 6) is -0.0689. The normalized spacial score (nSPS) is 15.0. The molecule has 1 saturated heterocycles. The third-order valence-electron chi connectivity index (χ3n) is 3.51. The third kappa shape index (κ3) is 3.17. The third-order valence-corrected chi connectivity index (χ3v) is 5.12. The van der Waals surface area contributed by atoms with Crippen LogP contribution in [0.2, 0.25) is 0 Å². The highest BCUT2D eigenvalue weighted by atomic mass is 79.9. The van der Waals surface area contributed by atoms with Crippen molar-refractivity contribution in [1.29, 1.82) is 0 Å². The number of thiophene rings is 1. The summed E-state index contributed by atoms with van der Waals surface area (Å²) in [5.41, 5.74) is 0.416. The molecule has 3 rings (SSSR count). The molecule has 0 saturated carbocycles. The minimum absolute atomic E-state index is 0.0689. The Hall–Kier alpha value is -1.25. The van der Waals surface area contributed by atoms with Gasteiger partial charge in [0, 0.05) is 24.5 Å². The first-order valence-corrected chi connectivity index (χ1v) is 8.44. The number of amides is 1. The van der Waals surface area contributed by atoms with Crippen molar-refractivity contribution in [3.8, 4) is 0 Å². The van der Waals surface area contributed by atoms with Gasteiger partial charge in [-0.2, -0.15) is 0 Å². The Balaban J connectivity index is 1.70. The van der Waals surface area contributed by atoms with Crippen molar-refractivity contribution in [2.45, 2.75) is 19.5 Å². The van der Waals surface area contributed by atoms with Gasteiger partial charge < -0.3 is 10.2 Å². The van der Waals surface area contributed by atoms with E-state index in [0.29, 0.717) is 24.8 Å². The van der Waals surface area contributed by atoms with Gasteiger partial charge in [-0.05, 0) is 35.0 Å². The number of nitrogens with zero attached hydrogens (tertiary/aromatic N) is 4. The summed E-state index contributed by atoms with van der Waals surface area (Å²) in [6.45, 7) is 4.99. The molecule has 1 aliphatic rings. The van der Waals surface area contributed by atoms with E-state index in [-0.39, 0.29) is 5.91 Å². The number of hydrogen-bond acceptors (Lipinski definition) is 5. The lowest BCUT2D eigenvalue weighted by molar-refractivity contribution is 0.0748. The zero-order chi connectivity index (χ0) is 14.8. The molecule has 8 heteroatoms. The molecule has 112 valence electrons. The van der Waals surface area contributed by atoms with Crippen LogP contribution in [0.4, 0.5) is 0 Å². The second-order valence-electron chi connectivity index (χ2n) is 4.92. The maximum absolute atomic E-state index is 12.5. The molecule has 6 nitrogen and oxygen atoms in total. The Morgan fingerprint density at radius 1 is 1.57 bits per heavy atom. The summed E-state index contributed by atoms with van der Waals surface area (Å²) in [6.07, 6.45) is 1.75. The van der Waals surface area contributed by atoms with Gasteiger partial charge in [0.1, 0.15) is 0 Å². The molecule has 1 N–H and O–H groups in total. The zero-order valence-electron chi connectivity index (χ0n) is 11.6. The summed E-state index contributed by atoms with van der Waals surface area (Å²) in [6, 6.07) is 4.35. The first-order valence-electron chi connectivity index (χ1n) is 6.83. The molecular weight excluding hydrogens is 354 g/mol. The van der Waals surface area contributed by atoms with Gasteiger partial charge in [0.05, 0.1) is 22.6 Å². The Bertz CT molecular complexity index is 636. The van der Waals surface area contributed by atoms with Crippen molar-refractivity contribution in [2.24, 2.45) is 0 Å². The Kier molecular flexibility index (Phi) is 4.37. The first-order chi connectivity index (χ1) is 10.2. The van der Waals surface area contributed by atoms with Crippen molar-refractivity contribution in [2.75, 3.05) is 19.6 Å². The molecule has 1 aliphatic heterocycles. The maximum atomic E-state index is 12.5. The van der Waals surface area contributed by atoms with Gasteiger partial charge >= 0.3 is 0 Å². The SMILES string of the molecule is CCN(Cc1ccc(Br)s1)C(=O)c1cn(C2CNC2)nn1. The second kappa shape index (κ2) is 6.25. The zero-order valence-corrected chi connectivity index (χ0v) is 14.0. The minimum Gasteiger partial charge on any atom is -0.332 e. The lowest BCUT2D eigenvalue weighted by Crippen LogP contribution is -2.43. The number of hydrogen-bond donors (Lipinski definition) is 1. The predicted octanol–water partition coefficient (Wildman–Crippen LogP) is 1.91. The number of carbonyl (C=O) groups is 1. The number of nitrogens with one attached hydrogen (secondary N) is 1. The quantitative estimate of drug-likeness (QED) is 0.874. The molecule has 0 radical (unpaired) electrons. The van der Waals surface area contributed by atoms with E-state index in [2.05, 4.69) is 31.6 Å². The molecule has 0 aliphatic carbocycles. The summed E-state index contributed by atoms with van der Waals surface area (Å²) < 4.78 is 2.85. The van der Waals surface area contributed by atoms with Gasteiger partial charge in [-0.1, -0.05) is 5.21 Å². The lowest BCUT2D eigenvalue weighted by Gasteiger charge is -2.26. The van der Waals surface area contributed by atoms with Crippen LogP contribution in [-0.2, 0) is 6.54 Å². The van der Waals surface area contributed by atoms with Crippen LogP contribution in [0.25, 0.3) is 0 Å². The number of halogens is 1.